The second-order valence-electron chi connectivity index (χ2n) is 2.68. The van der Waals surface area contributed by atoms with Gasteiger partial charge in [-0.15, -0.1) is 0 Å². The Morgan fingerprint density at radius 2 is 2.14 bits per heavy atom. The minimum atomic E-state index is -0.284. The molecule has 0 unspecified atom stereocenters. The maximum atomic E-state index is 10.8. The highest BCUT2D eigenvalue weighted by Gasteiger charge is 2.00. The first-order valence-corrected chi connectivity index (χ1v) is 3.97. The van der Waals surface area contributed by atoms with Gasteiger partial charge in [-0.3, -0.25) is 4.79 Å². The van der Waals surface area contributed by atoms with Gasteiger partial charge in [-0.2, -0.15) is 4.98 Å². The first kappa shape index (κ1) is 8.43. The molecule has 2 aromatic rings. The van der Waals surface area contributed by atoms with Crippen LogP contribution in [0, 0.1) is 0 Å². The molecule has 0 aliphatic carbocycles. The second-order valence-corrected chi connectivity index (χ2v) is 2.68. The third-order valence-electron chi connectivity index (χ3n) is 1.72. The molecule has 0 atom stereocenters. The fourth-order valence-electron chi connectivity index (χ4n) is 1.08. The van der Waals surface area contributed by atoms with E-state index in [-0.39, 0.29) is 11.6 Å². The smallest absolute Gasteiger partial charge is 0.314 e. The van der Waals surface area contributed by atoms with Crippen LogP contribution in [-0.2, 0) is 0 Å². The topological polar surface area (TPSA) is 78.9 Å². The molecule has 0 fully saturated rings. The molecule has 0 bridgehead atoms. The molecule has 70 valence electrons. The Morgan fingerprint density at radius 1 is 1.29 bits per heavy atom. The van der Waals surface area contributed by atoms with E-state index >= 15 is 0 Å². The van der Waals surface area contributed by atoms with E-state index < -0.39 is 0 Å². The minimum Gasteiger partial charge on any atom is -0.479 e. The van der Waals surface area contributed by atoms with Crippen molar-refractivity contribution >= 4 is 0 Å². The highest BCUT2D eigenvalue weighted by molar-refractivity contribution is 5.57. The van der Waals surface area contributed by atoms with Crippen LogP contribution in [-0.4, -0.2) is 20.1 Å². The maximum absolute atomic E-state index is 10.8. The lowest BCUT2D eigenvalue weighted by Crippen LogP contribution is -2.01. The average molecular weight is 189 g/mol. The third-order valence-corrected chi connectivity index (χ3v) is 1.72. The summed E-state index contributed by atoms with van der Waals surface area (Å²) in [7, 11) is 0. The van der Waals surface area contributed by atoms with Gasteiger partial charge < -0.3 is 10.1 Å². The molecule has 2 N–H and O–H groups in total. The molecular weight excluding hydrogens is 182 g/mol. The van der Waals surface area contributed by atoms with Crippen LogP contribution in [0.4, 0.5) is 0 Å². The van der Waals surface area contributed by atoms with E-state index in [4.69, 9.17) is 5.11 Å². The molecule has 5 heteroatoms. The van der Waals surface area contributed by atoms with Gasteiger partial charge in [0, 0.05) is 24.0 Å². The van der Waals surface area contributed by atoms with Crippen LogP contribution in [0.15, 0.2) is 35.4 Å². The van der Waals surface area contributed by atoms with Gasteiger partial charge >= 0.3 is 6.01 Å². The number of aromatic hydroxyl groups is 1. The van der Waals surface area contributed by atoms with Gasteiger partial charge in [-0.05, 0) is 12.1 Å². The molecular formula is C9H7N3O2. The maximum Gasteiger partial charge on any atom is 0.314 e. The van der Waals surface area contributed by atoms with Crippen LogP contribution < -0.4 is 5.56 Å². The number of aromatic nitrogens is 3. The van der Waals surface area contributed by atoms with Gasteiger partial charge in [-0.1, -0.05) is 0 Å². The summed E-state index contributed by atoms with van der Waals surface area (Å²) < 4.78 is 0. The summed E-state index contributed by atoms with van der Waals surface area (Å²) in [6, 6.07) is 4.39. The molecule has 0 amide bonds. The number of hydrogen-bond acceptors (Lipinski definition) is 4. The first-order valence-electron chi connectivity index (χ1n) is 3.97. The summed E-state index contributed by atoms with van der Waals surface area (Å²) >= 11 is 0. The van der Waals surface area contributed by atoms with Crippen molar-refractivity contribution in [3.63, 3.8) is 0 Å². The minimum absolute atomic E-state index is 0.174. The van der Waals surface area contributed by atoms with E-state index in [1.807, 2.05) is 0 Å². The van der Waals surface area contributed by atoms with Crippen molar-refractivity contribution in [2.24, 2.45) is 0 Å². The van der Waals surface area contributed by atoms with Crippen LogP contribution in [0.3, 0.4) is 0 Å². The van der Waals surface area contributed by atoms with Crippen LogP contribution in [0.2, 0.25) is 0 Å². The van der Waals surface area contributed by atoms with Crippen LogP contribution in [0.5, 0.6) is 6.01 Å². The summed E-state index contributed by atoms with van der Waals surface area (Å²) in [6.07, 6.45) is 2.98. The first-order chi connectivity index (χ1) is 6.75. The summed E-state index contributed by atoms with van der Waals surface area (Å²) in [4.78, 5) is 20.7. The molecule has 0 saturated carbocycles. The summed E-state index contributed by atoms with van der Waals surface area (Å²) in [6.45, 7) is 0. The number of aromatic amines is 1. The lowest BCUT2D eigenvalue weighted by molar-refractivity contribution is 0.431. The zero-order valence-electron chi connectivity index (χ0n) is 7.14. The van der Waals surface area contributed by atoms with Crippen molar-refractivity contribution in [3.8, 4) is 17.3 Å². The van der Waals surface area contributed by atoms with E-state index in [1.54, 1.807) is 12.1 Å². The number of H-pyrrole nitrogens is 1. The van der Waals surface area contributed by atoms with Gasteiger partial charge in [0.15, 0.2) is 0 Å². The lowest BCUT2D eigenvalue weighted by Gasteiger charge is -1.98. The summed E-state index contributed by atoms with van der Waals surface area (Å²) in [5.41, 5.74) is 1.11. The number of pyridine rings is 1. The van der Waals surface area contributed by atoms with Crippen molar-refractivity contribution in [3.05, 3.63) is 40.9 Å². The Bertz CT molecular complexity index is 487. The third kappa shape index (κ3) is 1.61. The second kappa shape index (κ2) is 3.29. The Labute approximate surface area is 79.1 Å². The SMILES string of the molecule is O=c1ccc(-c2ccnc(O)n2)c[nH]1. The van der Waals surface area contributed by atoms with Gasteiger partial charge in [0.2, 0.25) is 5.56 Å². The molecule has 0 aromatic carbocycles. The normalized spacial score (nSPS) is 10.0. The van der Waals surface area contributed by atoms with Gasteiger partial charge in [0.1, 0.15) is 0 Å². The quantitative estimate of drug-likeness (QED) is 0.686. The fourth-order valence-corrected chi connectivity index (χ4v) is 1.08. The van der Waals surface area contributed by atoms with Crippen molar-refractivity contribution in [1.29, 1.82) is 0 Å². The molecule has 14 heavy (non-hydrogen) atoms. The Hall–Kier alpha value is -2.17. The Kier molecular flexibility index (Phi) is 1.98. The molecule has 0 aliphatic heterocycles. The molecule has 0 spiro atoms. The predicted molar refractivity (Wildman–Crippen MR) is 49.8 cm³/mol. The van der Waals surface area contributed by atoms with Crippen molar-refractivity contribution in [1.82, 2.24) is 15.0 Å². The molecule has 2 aromatic heterocycles. The van der Waals surface area contributed by atoms with Crippen molar-refractivity contribution in [2.45, 2.75) is 0 Å². The fraction of sp³-hybridized carbons (Fsp3) is 0. The highest BCUT2D eigenvalue weighted by Crippen LogP contribution is 2.14. The van der Waals surface area contributed by atoms with Crippen LogP contribution >= 0.6 is 0 Å². The van der Waals surface area contributed by atoms with Crippen LogP contribution in [0.25, 0.3) is 11.3 Å². The van der Waals surface area contributed by atoms with Crippen molar-refractivity contribution < 1.29 is 5.11 Å². The van der Waals surface area contributed by atoms with E-state index in [1.165, 1.54) is 18.5 Å². The van der Waals surface area contributed by atoms with E-state index in [0.29, 0.717) is 5.69 Å². The van der Waals surface area contributed by atoms with Crippen molar-refractivity contribution in [2.75, 3.05) is 0 Å². The average Bonchev–Trinajstić information content (AvgIpc) is 2.19. The summed E-state index contributed by atoms with van der Waals surface area (Å²) in [5, 5.41) is 9.03. The number of nitrogens with zero attached hydrogens (tertiary/aromatic N) is 2. The number of hydrogen-bond donors (Lipinski definition) is 2. The largest absolute Gasteiger partial charge is 0.479 e. The van der Waals surface area contributed by atoms with Crippen LogP contribution in [0.1, 0.15) is 0 Å². The van der Waals surface area contributed by atoms with Gasteiger partial charge in [0.25, 0.3) is 0 Å². The monoisotopic (exact) mass is 189 g/mol. The number of rotatable bonds is 1. The van der Waals surface area contributed by atoms with Gasteiger partial charge in [-0.25, -0.2) is 4.98 Å². The van der Waals surface area contributed by atoms with E-state index in [0.717, 1.165) is 5.56 Å². The zero-order valence-corrected chi connectivity index (χ0v) is 7.14. The number of nitrogens with one attached hydrogen (secondary N) is 1. The molecule has 5 nitrogen and oxygen atoms in total. The van der Waals surface area contributed by atoms with Gasteiger partial charge in [0.05, 0.1) is 5.69 Å². The van der Waals surface area contributed by atoms with E-state index in [2.05, 4.69) is 15.0 Å². The predicted octanol–water partition coefficient (Wildman–Crippen LogP) is 0.537. The molecule has 2 rings (SSSR count). The van der Waals surface area contributed by atoms with E-state index in [9.17, 15) is 4.79 Å². The highest BCUT2D eigenvalue weighted by atomic mass is 16.3. The Balaban J connectivity index is 2.49. The lowest BCUT2D eigenvalue weighted by atomic mass is 10.2. The molecule has 0 aliphatic rings. The Morgan fingerprint density at radius 3 is 2.79 bits per heavy atom. The zero-order chi connectivity index (χ0) is 9.97. The molecule has 0 radical (unpaired) electrons. The molecule has 0 saturated heterocycles. The standard InChI is InChI=1S/C9H7N3O2/c13-8-2-1-6(5-11-8)7-3-4-10-9(14)12-7/h1-5H,(H,11,13)(H,10,12,14). The summed E-state index contributed by atoms with van der Waals surface area (Å²) in [5.74, 6) is 0. The molecule has 2 heterocycles.